The molecule has 0 spiro atoms. The highest BCUT2D eigenvalue weighted by atomic mass is 15.2. The number of nitrogens with one attached hydrogen (secondary N) is 1. The molecule has 2 aliphatic rings. The van der Waals surface area contributed by atoms with Gasteiger partial charge in [-0.1, -0.05) is 18.9 Å². The number of hydrogen-bond donors (Lipinski definition) is 1. The lowest BCUT2D eigenvalue weighted by Gasteiger charge is -2.29. The third-order valence-corrected chi connectivity index (χ3v) is 4.22. The Morgan fingerprint density at radius 1 is 1.19 bits per heavy atom. The summed E-state index contributed by atoms with van der Waals surface area (Å²) >= 11 is 0. The average molecular weight is 222 g/mol. The highest BCUT2D eigenvalue weighted by Gasteiger charge is 2.32. The van der Waals surface area contributed by atoms with E-state index in [4.69, 9.17) is 0 Å². The van der Waals surface area contributed by atoms with Gasteiger partial charge in [-0.25, -0.2) is 0 Å². The number of nitrogens with zero attached hydrogens (tertiary/aromatic N) is 1. The summed E-state index contributed by atoms with van der Waals surface area (Å²) in [7, 11) is 0. The van der Waals surface area contributed by atoms with E-state index in [0.29, 0.717) is 0 Å². The Morgan fingerprint density at radius 3 is 2.75 bits per heavy atom. The van der Waals surface area contributed by atoms with E-state index >= 15 is 0 Å². The van der Waals surface area contributed by atoms with Gasteiger partial charge in [0, 0.05) is 25.7 Å². The van der Waals surface area contributed by atoms with Crippen LogP contribution in [0, 0.1) is 5.92 Å². The predicted molar refractivity (Wildman–Crippen MR) is 69.6 cm³/mol. The standard InChI is InChI=1S/C14H26N2/c1-2-9-15-10-12-16-11-5-8-14(16)13-6-3-4-7-13/h2,13-15H,1,3-12H2. The lowest BCUT2D eigenvalue weighted by Crippen LogP contribution is -2.39. The Balaban J connectivity index is 1.72. The number of rotatable bonds is 6. The first-order valence-electron chi connectivity index (χ1n) is 6.97. The van der Waals surface area contributed by atoms with Crippen LogP contribution in [0.25, 0.3) is 0 Å². The SMILES string of the molecule is C=CCNCCN1CCCC1C1CCCC1. The topological polar surface area (TPSA) is 15.3 Å². The molecule has 0 aromatic rings. The van der Waals surface area contributed by atoms with Gasteiger partial charge in [0.15, 0.2) is 0 Å². The molecule has 2 fully saturated rings. The van der Waals surface area contributed by atoms with Gasteiger partial charge in [0.1, 0.15) is 0 Å². The van der Waals surface area contributed by atoms with Crippen molar-refractivity contribution in [2.75, 3.05) is 26.2 Å². The van der Waals surface area contributed by atoms with Crippen LogP contribution in [0.15, 0.2) is 12.7 Å². The van der Waals surface area contributed by atoms with Gasteiger partial charge in [-0.2, -0.15) is 0 Å². The monoisotopic (exact) mass is 222 g/mol. The number of hydrogen-bond acceptors (Lipinski definition) is 2. The second-order valence-corrected chi connectivity index (χ2v) is 5.28. The molecule has 1 saturated carbocycles. The van der Waals surface area contributed by atoms with Crippen molar-refractivity contribution >= 4 is 0 Å². The minimum absolute atomic E-state index is 0.910. The molecule has 92 valence electrons. The molecule has 0 bridgehead atoms. The zero-order valence-corrected chi connectivity index (χ0v) is 10.5. The molecule has 1 saturated heterocycles. The fourth-order valence-electron chi connectivity index (χ4n) is 3.43. The van der Waals surface area contributed by atoms with Gasteiger partial charge in [0.25, 0.3) is 0 Å². The van der Waals surface area contributed by atoms with Gasteiger partial charge in [0.05, 0.1) is 0 Å². The van der Waals surface area contributed by atoms with Gasteiger partial charge in [-0.15, -0.1) is 6.58 Å². The molecule has 1 unspecified atom stereocenters. The Hall–Kier alpha value is -0.340. The van der Waals surface area contributed by atoms with Crippen LogP contribution < -0.4 is 5.32 Å². The second-order valence-electron chi connectivity index (χ2n) is 5.28. The van der Waals surface area contributed by atoms with Gasteiger partial charge in [-0.05, 0) is 38.1 Å². The van der Waals surface area contributed by atoms with Crippen LogP contribution >= 0.6 is 0 Å². The maximum absolute atomic E-state index is 3.73. The Kier molecular flexibility index (Phi) is 4.86. The van der Waals surface area contributed by atoms with Gasteiger partial charge in [-0.3, -0.25) is 4.90 Å². The fourth-order valence-corrected chi connectivity index (χ4v) is 3.43. The summed E-state index contributed by atoms with van der Waals surface area (Å²) in [4.78, 5) is 2.73. The average Bonchev–Trinajstić information content (AvgIpc) is 2.94. The third kappa shape index (κ3) is 3.08. The lowest BCUT2D eigenvalue weighted by molar-refractivity contribution is 0.192. The van der Waals surface area contributed by atoms with E-state index in [1.165, 1.54) is 51.6 Å². The van der Waals surface area contributed by atoms with Crippen LogP contribution in [0.4, 0.5) is 0 Å². The van der Waals surface area contributed by atoms with E-state index in [9.17, 15) is 0 Å². The van der Waals surface area contributed by atoms with E-state index in [2.05, 4.69) is 16.8 Å². The fraction of sp³-hybridized carbons (Fsp3) is 0.857. The molecule has 1 N–H and O–H groups in total. The minimum Gasteiger partial charge on any atom is -0.312 e. The van der Waals surface area contributed by atoms with Crippen LogP contribution in [-0.2, 0) is 0 Å². The van der Waals surface area contributed by atoms with Crippen molar-refractivity contribution in [3.8, 4) is 0 Å². The molecule has 16 heavy (non-hydrogen) atoms. The Labute approximate surface area is 100 Å². The van der Waals surface area contributed by atoms with E-state index < -0.39 is 0 Å². The predicted octanol–water partition coefficient (Wildman–Crippen LogP) is 2.42. The van der Waals surface area contributed by atoms with Gasteiger partial charge < -0.3 is 5.32 Å². The van der Waals surface area contributed by atoms with Crippen LogP contribution in [0.5, 0.6) is 0 Å². The summed E-state index contributed by atoms with van der Waals surface area (Å²) in [5.74, 6) is 1.02. The van der Waals surface area contributed by atoms with E-state index in [1.54, 1.807) is 0 Å². The van der Waals surface area contributed by atoms with Crippen LogP contribution in [0.3, 0.4) is 0 Å². The summed E-state index contributed by atoms with van der Waals surface area (Å²) in [5, 5.41) is 3.41. The van der Waals surface area contributed by atoms with Crippen molar-refractivity contribution in [2.24, 2.45) is 5.92 Å². The maximum atomic E-state index is 3.73. The highest BCUT2D eigenvalue weighted by Crippen LogP contribution is 2.34. The zero-order valence-electron chi connectivity index (χ0n) is 10.5. The molecule has 1 aliphatic carbocycles. The highest BCUT2D eigenvalue weighted by molar-refractivity contribution is 4.87. The Morgan fingerprint density at radius 2 is 2.00 bits per heavy atom. The molecule has 2 heteroatoms. The summed E-state index contributed by atoms with van der Waals surface area (Å²) in [5.41, 5.74) is 0. The first kappa shape index (κ1) is 12.1. The van der Waals surface area contributed by atoms with Crippen molar-refractivity contribution in [2.45, 2.75) is 44.6 Å². The third-order valence-electron chi connectivity index (χ3n) is 4.22. The molecular weight excluding hydrogens is 196 g/mol. The minimum atomic E-state index is 0.910. The van der Waals surface area contributed by atoms with Crippen LogP contribution in [0.1, 0.15) is 38.5 Å². The molecule has 2 rings (SSSR count). The van der Waals surface area contributed by atoms with Crippen molar-refractivity contribution in [1.82, 2.24) is 10.2 Å². The first-order valence-corrected chi connectivity index (χ1v) is 6.97. The van der Waals surface area contributed by atoms with Crippen LogP contribution in [0.2, 0.25) is 0 Å². The molecule has 1 heterocycles. The second kappa shape index (κ2) is 6.41. The lowest BCUT2D eigenvalue weighted by atomic mass is 9.96. The van der Waals surface area contributed by atoms with Crippen molar-refractivity contribution in [3.05, 3.63) is 12.7 Å². The molecule has 0 amide bonds. The molecule has 0 radical (unpaired) electrons. The molecule has 1 aliphatic heterocycles. The van der Waals surface area contributed by atoms with Gasteiger partial charge in [0.2, 0.25) is 0 Å². The van der Waals surface area contributed by atoms with E-state index in [-0.39, 0.29) is 0 Å². The van der Waals surface area contributed by atoms with Crippen molar-refractivity contribution < 1.29 is 0 Å². The van der Waals surface area contributed by atoms with Crippen LogP contribution in [-0.4, -0.2) is 37.1 Å². The summed E-state index contributed by atoms with van der Waals surface area (Å²) < 4.78 is 0. The molecule has 0 aromatic carbocycles. The first-order chi connectivity index (χ1) is 7.92. The van der Waals surface area contributed by atoms with Gasteiger partial charge >= 0.3 is 0 Å². The molecule has 2 nitrogen and oxygen atoms in total. The summed E-state index contributed by atoms with van der Waals surface area (Å²) in [6.45, 7) is 8.36. The van der Waals surface area contributed by atoms with E-state index in [0.717, 1.165) is 25.0 Å². The zero-order chi connectivity index (χ0) is 11.2. The Bertz CT molecular complexity index is 209. The quantitative estimate of drug-likeness (QED) is 0.548. The largest absolute Gasteiger partial charge is 0.312 e. The molecule has 0 aromatic heterocycles. The van der Waals surface area contributed by atoms with E-state index in [1.807, 2.05) is 6.08 Å². The molecule has 1 atom stereocenters. The number of likely N-dealkylation sites (tertiary alicyclic amines) is 1. The van der Waals surface area contributed by atoms with Crippen molar-refractivity contribution in [3.63, 3.8) is 0 Å². The molecular formula is C14H26N2. The smallest absolute Gasteiger partial charge is 0.0132 e. The summed E-state index contributed by atoms with van der Waals surface area (Å²) in [6, 6.07) is 0.910. The maximum Gasteiger partial charge on any atom is 0.0132 e. The summed E-state index contributed by atoms with van der Waals surface area (Å²) in [6.07, 6.45) is 10.7. The van der Waals surface area contributed by atoms with Crippen molar-refractivity contribution in [1.29, 1.82) is 0 Å². The normalized spacial score (nSPS) is 27.6.